The SMILES string of the molecule is CC(C)(C)OC(=O)NCC1CCC2(CC1)OCCO2. The van der Waals surface area contributed by atoms with E-state index in [1.807, 2.05) is 20.8 Å². The normalized spacial score (nSPS) is 23.5. The maximum Gasteiger partial charge on any atom is 0.407 e. The van der Waals surface area contributed by atoms with Crippen molar-refractivity contribution in [2.75, 3.05) is 19.8 Å². The molecule has 2 fully saturated rings. The van der Waals surface area contributed by atoms with E-state index in [0.717, 1.165) is 25.7 Å². The summed E-state index contributed by atoms with van der Waals surface area (Å²) in [7, 11) is 0. The van der Waals surface area contributed by atoms with Gasteiger partial charge < -0.3 is 19.5 Å². The van der Waals surface area contributed by atoms with Crippen LogP contribution in [0.1, 0.15) is 46.5 Å². The van der Waals surface area contributed by atoms with E-state index < -0.39 is 5.60 Å². The molecule has 0 atom stereocenters. The van der Waals surface area contributed by atoms with Crippen LogP contribution in [0.2, 0.25) is 0 Å². The van der Waals surface area contributed by atoms with E-state index in [1.54, 1.807) is 0 Å². The van der Waals surface area contributed by atoms with Gasteiger partial charge in [-0.05, 0) is 39.5 Å². The van der Waals surface area contributed by atoms with E-state index in [2.05, 4.69) is 5.32 Å². The third-order valence-corrected chi connectivity index (χ3v) is 3.61. The molecule has 0 bridgehead atoms. The van der Waals surface area contributed by atoms with Gasteiger partial charge in [-0.2, -0.15) is 0 Å². The van der Waals surface area contributed by atoms with Crippen molar-refractivity contribution >= 4 is 6.09 Å². The van der Waals surface area contributed by atoms with Gasteiger partial charge in [-0.25, -0.2) is 4.79 Å². The molecule has 0 radical (unpaired) electrons. The smallest absolute Gasteiger partial charge is 0.407 e. The van der Waals surface area contributed by atoms with Gasteiger partial charge >= 0.3 is 6.09 Å². The van der Waals surface area contributed by atoms with E-state index in [9.17, 15) is 4.79 Å². The predicted octanol–water partition coefficient (Wildman–Crippen LogP) is 2.44. The molecular formula is C14H25NO4. The summed E-state index contributed by atoms with van der Waals surface area (Å²) < 4.78 is 16.6. The molecule has 0 aromatic carbocycles. The molecule has 1 saturated heterocycles. The van der Waals surface area contributed by atoms with Crippen LogP contribution in [0.3, 0.4) is 0 Å². The molecule has 1 heterocycles. The monoisotopic (exact) mass is 271 g/mol. The second kappa shape index (κ2) is 5.67. The van der Waals surface area contributed by atoms with Crippen LogP contribution in [0.5, 0.6) is 0 Å². The molecular weight excluding hydrogens is 246 g/mol. The van der Waals surface area contributed by atoms with Gasteiger partial charge in [-0.1, -0.05) is 0 Å². The topological polar surface area (TPSA) is 56.8 Å². The third kappa shape index (κ3) is 4.35. The van der Waals surface area contributed by atoms with Gasteiger partial charge in [0.25, 0.3) is 0 Å². The van der Waals surface area contributed by atoms with Gasteiger partial charge in [-0.15, -0.1) is 0 Å². The maximum atomic E-state index is 11.6. The Hall–Kier alpha value is -0.810. The minimum absolute atomic E-state index is 0.317. The number of carbonyl (C=O) groups excluding carboxylic acids is 1. The maximum absolute atomic E-state index is 11.6. The van der Waals surface area contributed by atoms with Gasteiger partial charge in [0.15, 0.2) is 5.79 Å². The molecule has 0 unspecified atom stereocenters. The number of hydrogen-bond acceptors (Lipinski definition) is 4. The van der Waals surface area contributed by atoms with Crippen LogP contribution in [0.4, 0.5) is 4.79 Å². The van der Waals surface area contributed by atoms with Crippen LogP contribution in [-0.2, 0) is 14.2 Å². The molecule has 19 heavy (non-hydrogen) atoms. The molecule has 110 valence electrons. The number of amides is 1. The molecule has 5 nitrogen and oxygen atoms in total. The minimum Gasteiger partial charge on any atom is -0.444 e. The van der Waals surface area contributed by atoms with Crippen molar-refractivity contribution < 1.29 is 19.0 Å². The van der Waals surface area contributed by atoms with E-state index in [-0.39, 0.29) is 11.9 Å². The highest BCUT2D eigenvalue weighted by molar-refractivity contribution is 5.67. The Labute approximate surface area is 115 Å². The lowest BCUT2D eigenvalue weighted by Gasteiger charge is -2.35. The number of alkyl carbamates (subject to hydrolysis) is 1. The first-order chi connectivity index (χ1) is 8.89. The molecule has 2 aliphatic rings. The fourth-order valence-corrected chi connectivity index (χ4v) is 2.65. The second-order valence-electron chi connectivity index (χ2n) is 6.43. The first-order valence-electron chi connectivity index (χ1n) is 7.13. The Bertz CT molecular complexity index is 308. The minimum atomic E-state index is -0.438. The summed E-state index contributed by atoms with van der Waals surface area (Å²) in [5.41, 5.74) is -0.438. The van der Waals surface area contributed by atoms with Crippen molar-refractivity contribution in [1.82, 2.24) is 5.32 Å². The lowest BCUT2D eigenvalue weighted by Crippen LogP contribution is -2.40. The molecule has 5 heteroatoms. The summed E-state index contributed by atoms with van der Waals surface area (Å²) in [6, 6.07) is 0. The Morgan fingerprint density at radius 2 is 1.84 bits per heavy atom. The zero-order valence-electron chi connectivity index (χ0n) is 12.2. The largest absolute Gasteiger partial charge is 0.444 e. The molecule has 2 rings (SSSR count). The number of nitrogens with one attached hydrogen (secondary N) is 1. The summed E-state index contributed by atoms with van der Waals surface area (Å²) in [4.78, 5) is 11.6. The van der Waals surface area contributed by atoms with Crippen molar-refractivity contribution in [2.24, 2.45) is 5.92 Å². The van der Waals surface area contributed by atoms with Crippen LogP contribution in [0.25, 0.3) is 0 Å². The number of carbonyl (C=O) groups is 1. The Morgan fingerprint density at radius 3 is 2.37 bits per heavy atom. The standard InChI is InChI=1S/C14H25NO4/c1-13(2,3)19-12(16)15-10-11-4-6-14(7-5-11)17-8-9-18-14/h11H,4-10H2,1-3H3,(H,15,16). The Kier molecular flexibility index (Phi) is 4.36. The first kappa shape index (κ1) is 14.6. The molecule has 1 N–H and O–H groups in total. The second-order valence-corrected chi connectivity index (χ2v) is 6.43. The van der Waals surface area contributed by atoms with Gasteiger partial charge in [-0.3, -0.25) is 0 Å². The highest BCUT2D eigenvalue weighted by Gasteiger charge is 2.40. The van der Waals surface area contributed by atoms with Crippen LogP contribution in [0, 0.1) is 5.92 Å². The number of hydrogen-bond donors (Lipinski definition) is 1. The van der Waals surface area contributed by atoms with Crippen LogP contribution in [-0.4, -0.2) is 37.2 Å². The van der Waals surface area contributed by atoms with Crippen molar-refractivity contribution in [2.45, 2.75) is 57.8 Å². The number of rotatable bonds is 2. The molecule has 1 saturated carbocycles. The summed E-state index contributed by atoms with van der Waals surface area (Å²) in [6.07, 6.45) is 3.56. The van der Waals surface area contributed by atoms with Gasteiger partial charge in [0.2, 0.25) is 0 Å². The molecule has 1 amide bonds. The highest BCUT2D eigenvalue weighted by atomic mass is 16.7. The molecule has 1 aliphatic heterocycles. The summed E-state index contributed by atoms with van der Waals surface area (Å²) in [5.74, 6) is 0.175. The van der Waals surface area contributed by atoms with Crippen molar-refractivity contribution in [3.8, 4) is 0 Å². The van der Waals surface area contributed by atoms with E-state index in [1.165, 1.54) is 0 Å². The average molecular weight is 271 g/mol. The highest BCUT2D eigenvalue weighted by Crippen LogP contribution is 2.37. The lowest BCUT2D eigenvalue weighted by molar-refractivity contribution is -0.182. The zero-order chi connectivity index (χ0) is 13.9. The molecule has 1 aliphatic carbocycles. The van der Waals surface area contributed by atoms with Crippen molar-refractivity contribution in [3.05, 3.63) is 0 Å². The van der Waals surface area contributed by atoms with Gasteiger partial charge in [0.1, 0.15) is 5.60 Å². The van der Waals surface area contributed by atoms with Gasteiger partial charge in [0.05, 0.1) is 13.2 Å². The average Bonchev–Trinajstić information content (AvgIpc) is 2.75. The zero-order valence-corrected chi connectivity index (χ0v) is 12.2. The fraction of sp³-hybridized carbons (Fsp3) is 0.929. The van der Waals surface area contributed by atoms with E-state index in [4.69, 9.17) is 14.2 Å². The Balaban J connectivity index is 1.67. The Morgan fingerprint density at radius 1 is 1.26 bits per heavy atom. The summed E-state index contributed by atoms with van der Waals surface area (Å²) in [6.45, 7) is 7.69. The van der Waals surface area contributed by atoms with E-state index in [0.29, 0.717) is 25.7 Å². The van der Waals surface area contributed by atoms with Gasteiger partial charge in [0, 0.05) is 19.4 Å². The number of ether oxygens (including phenoxy) is 3. The summed E-state index contributed by atoms with van der Waals surface area (Å²) >= 11 is 0. The van der Waals surface area contributed by atoms with Crippen LogP contribution < -0.4 is 5.32 Å². The van der Waals surface area contributed by atoms with Crippen LogP contribution >= 0.6 is 0 Å². The van der Waals surface area contributed by atoms with Crippen molar-refractivity contribution in [3.63, 3.8) is 0 Å². The fourth-order valence-electron chi connectivity index (χ4n) is 2.65. The first-order valence-corrected chi connectivity index (χ1v) is 7.13. The quantitative estimate of drug-likeness (QED) is 0.838. The molecule has 0 aromatic heterocycles. The van der Waals surface area contributed by atoms with E-state index >= 15 is 0 Å². The summed E-state index contributed by atoms with van der Waals surface area (Å²) in [5, 5.41) is 2.85. The predicted molar refractivity (Wildman–Crippen MR) is 70.8 cm³/mol. The lowest BCUT2D eigenvalue weighted by atomic mass is 9.85. The van der Waals surface area contributed by atoms with Crippen molar-refractivity contribution in [1.29, 1.82) is 0 Å². The van der Waals surface area contributed by atoms with Crippen LogP contribution in [0.15, 0.2) is 0 Å². The molecule has 1 spiro atoms. The molecule has 0 aromatic rings. The third-order valence-electron chi connectivity index (χ3n) is 3.61.